The number of hydrogen-bond acceptors (Lipinski definition) is 3. The van der Waals surface area contributed by atoms with Crippen LogP contribution >= 0.6 is 0 Å². The van der Waals surface area contributed by atoms with Gasteiger partial charge in [0.05, 0.1) is 21.3 Å². The average molecular weight is 269 g/mol. The minimum Gasteiger partial charge on any atom is -0.480 e. The topological polar surface area (TPSA) is 83.5 Å². The van der Waals surface area contributed by atoms with Crippen LogP contribution in [-0.4, -0.2) is 33.0 Å². The zero-order chi connectivity index (χ0) is 13.7. The van der Waals surface area contributed by atoms with Crippen LogP contribution in [-0.2, 0) is 15.6 Å². The Labute approximate surface area is 108 Å². The molecule has 1 aromatic rings. The van der Waals surface area contributed by atoms with E-state index in [-0.39, 0.29) is 5.56 Å². The third-order valence-corrected chi connectivity index (χ3v) is 3.73. The van der Waals surface area contributed by atoms with E-state index in [2.05, 4.69) is 5.32 Å². The summed E-state index contributed by atoms with van der Waals surface area (Å²) in [6, 6.07) is 5.50. The summed E-state index contributed by atoms with van der Waals surface area (Å²) in [7, 11) is -1.26. The fourth-order valence-corrected chi connectivity index (χ4v) is 2.29. The molecule has 6 heteroatoms. The second-order valence-corrected chi connectivity index (χ2v) is 5.37. The molecule has 1 aromatic carbocycles. The molecule has 0 spiro atoms. The van der Waals surface area contributed by atoms with Crippen molar-refractivity contribution in [1.82, 2.24) is 5.32 Å². The van der Waals surface area contributed by atoms with Crippen LogP contribution in [0.15, 0.2) is 29.2 Å². The maximum Gasteiger partial charge on any atom is 0.325 e. The highest BCUT2D eigenvalue weighted by atomic mass is 32.2. The molecule has 2 atom stereocenters. The zero-order valence-electron chi connectivity index (χ0n) is 10.2. The summed E-state index contributed by atoms with van der Waals surface area (Å²) in [4.78, 5) is 23.0. The van der Waals surface area contributed by atoms with Gasteiger partial charge in [-0.2, -0.15) is 0 Å². The van der Waals surface area contributed by atoms with E-state index in [1.54, 1.807) is 25.1 Å². The molecule has 0 aliphatic carbocycles. The van der Waals surface area contributed by atoms with Crippen LogP contribution in [0.3, 0.4) is 0 Å². The number of hydrogen-bond donors (Lipinski definition) is 2. The van der Waals surface area contributed by atoms with E-state index in [4.69, 9.17) is 5.11 Å². The zero-order valence-corrected chi connectivity index (χ0v) is 11.0. The lowest BCUT2D eigenvalue weighted by molar-refractivity contribution is -0.138. The molecular weight excluding hydrogens is 254 g/mol. The Hall–Kier alpha value is -1.69. The van der Waals surface area contributed by atoms with Gasteiger partial charge < -0.3 is 10.4 Å². The van der Waals surface area contributed by atoms with Crippen molar-refractivity contribution in [3.05, 3.63) is 29.8 Å². The molecule has 2 N–H and O–H groups in total. The van der Waals surface area contributed by atoms with Crippen molar-refractivity contribution in [2.75, 3.05) is 5.75 Å². The maximum absolute atomic E-state index is 11.9. The van der Waals surface area contributed by atoms with Gasteiger partial charge in [0.15, 0.2) is 0 Å². The number of nitrogens with one attached hydrogen (secondary N) is 1. The van der Waals surface area contributed by atoms with Gasteiger partial charge in [-0.3, -0.25) is 13.8 Å². The van der Waals surface area contributed by atoms with Crippen LogP contribution in [0, 0.1) is 0 Å². The van der Waals surface area contributed by atoms with E-state index in [1.807, 2.05) is 0 Å². The summed E-state index contributed by atoms with van der Waals surface area (Å²) in [5.41, 5.74) is 0.255. The largest absolute Gasteiger partial charge is 0.480 e. The van der Waals surface area contributed by atoms with Crippen LogP contribution < -0.4 is 5.32 Å². The molecule has 0 fully saturated rings. The van der Waals surface area contributed by atoms with Gasteiger partial charge in [-0.25, -0.2) is 0 Å². The van der Waals surface area contributed by atoms with Gasteiger partial charge in [-0.05, 0) is 19.1 Å². The number of carboxylic acids is 1. The Balaban J connectivity index is 2.99. The predicted octanol–water partition coefficient (Wildman–Crippen LogP) is 1.02. The fraction of sp³-hybridized carbons (Fsp3) is 0.333. The molecule has 98 valence electrons. The van der Waals surface area contributed by atoms with Gasteiger partial charge in [0.2, 0.25) is 0 Å². The summed E-state index contributed by atoms with van der Waals surface area (Å²) < 4.78 is 11.8. The molecule has 0 radical (unpaired) electrons. The number of carboxylic acid groups (broad SMARTS) is 1. The van der Waals surface area contributed by atoms with Gasteiger partial charge in [-0.15, -0.1) is 0 Å². The van der Waals surface area contributed by atoms with Crippen LogP contribution in [0.1, 0.15) is 24.2 Å². The monoisotopic (exact) mass is 269 g/mol. The summed E-state index contributed by atoms with van der Waals surface area (Å²) in [5, 5.41) is 11.1. The van der Waals surface area contributed by atoms with E-state index in [9.17, 15) is 13.8 Å². The molecule has 0 heterocycles. The highest BCUT2D eigenvalue weighted by molar-refractivity contribution is 7.85. The van der Waals surface area contributed by atoms with E-state index in [0.717, 1.165) is 0 Å². The first-order chi connectivity index (χ1) is 8.47. The molecule has 5 nitrogen and oxygen atoms in total. The van der Waals surface area contributed by atoms with Gasteiger partial charge in [-0.1, -0.05) is 19.1 Å². The second kappa shape index (κ2) is 6.30. The fourth-order valence-electron chi connectivity index (χ4n) is 1.34. The first kappa shape index (κ1) is 14.4. The van der Waals surface area contributed by atoms with Gasteiger partial charge >= 0.3 is 5.97 Å². The number of aliphatic carboxylic acids is 1. The normalized spacial score (nSPS) is 13.7. The summed E-state index contributed by atoms with van der Waals surface area (Å²) in [6.45, 7) is 3.13. The Bertz CT molecular complexity index is 487. The smallest absolute Gasteiger partial charge is 0.325 e. The van der Waals surface area contributed by atoms with E-state index < -0.39 is 28.7 Å². The minimum absolute atomic E-state index is 0.255. The summed E-state index contributed by atoms with van der Waals surface area (Å²) in [5.74, 6) is -1.24. The van der Waals surface area contributed by atoms with Crippen molar-refractivity contribution in [3.63, 3.8) is 0 Å². The molecule has 0 aliphatic rings. The van der Waals surface area contributed by atoms with Gasteiger partial charge in [0.1, 0.15) is 6.04 Å². The lowest BCUT2D eigenvalue weighted by atomic mass is 10.2. The minimum atomic E-state index is -1.26. The SMILES string of the molecule is CCS(=O)c1ccccc1C(=O)N[C@H](C)C(=O)O. The first-order valence-corrected chi connectivity index (χ1v) is 6.80. The van der Waals surface area contributed by atoms with Crippen LogP contribution in [0.25, 0.3) is 0 Å². The Morgan fingerprint density at radius 3 is 2.56 bits per heavy atom. The second-order valence-electron chi connectivity index (χ2n) is 3.66. The Morgan fingerprint density at radius 2 is 2.00 bits per heavy atom. The average Bonchev–Trinajstić information content (AvgIpc) is 2.37. The summed E-state index contributed by atoms with van der Waals surface area (Å²) >= 11 is 0. The number of amides is 1. The third-order valence-electron chi connectivity index (χ3n) is 2.36. The third kappa shape index (κ3) is 3.40. The molecule has 18 heavy (non-hydrogen) atoms. The maximum atomic E-state index is 11.9. The van der Waals surface area contributed by atoms with Crippen LogP contribution in [0.4, 0.5) is 0 Å². The van der Waals surface area contributed by atoms with Crippen LogP contribution in [0.5, 0.6) is 0 Å². The molecule has 1 amide bonds. The van der Waals surface area contributed by atoms with Gasteiger partial charge in [0.25, 0.3) is 5.91 Å². The molecule has 1 unspecified atom stereocenters. The van der Waals surface area contributed by atoms with Crippen molar-refractivity contribution in [3.8, 4) is 0 Å². The molecular formula is C12H15NO4S. The lowest BCUT2D eigenvalue weighted by Crippen LogP contribution is -2.38. The standard InChI is InChI=1S/C12H15NO4S/c1-3-18(17)10-7-5-4-6-9(10)11(14)13-8(2)12(15)16/h4-8H,3H2,1-2H3,(H,13,14)(H,15,16)/t8-,18?/m1/s1. The predicted molar refractivity (Wildman–Crippen MR) is 68.0 cm³/mol. The molecule has 0 saturated carbocycles. The summed E-state index contributed by atoms with van der Waals surface area (Å²) in [6.07, 6.45) is 0. The van der Waals surface area contributed by atoms with E-state index in [0.29, 0.717) is 10.6 Å². The lowest BCUT2D eigenvalue weighted by Gasteiger charge is -2.11. The molecule has 0 bridgehead atoms. The van der Waals surface area contributed by atoms with Crippen molar-refractivity contribution >= 4 is 22.7 Å². The Kier molecular flexibility index (Phi) is 5.03. The molecule has 0 aliphatic heterocycles. The quantitative estimate of drug-likeness (QED) is 0.836. The van der Waals surface area contributed by atoms with Crippen molar-refractivity contribution in [1.29, 1.82) is 0 Å². The van der Waals surface area contributed by atoms with Crippen molar-refractivity contribution in [2.24, 2.45) is 0 Å². The number of benzene rings is 1. The van der Waals surface area contributed by atoms with Crippen LogP contribution in [0.2, 0.25) is 0 Å². The number of rotatable bonds is 5. The highest BCUT2D eigenvalue weighted by Gasteiger charge is 2.19. The van der Waals surface area contributed by atoms with E-state index in [1.165, 1.54) is 13.0 Å². The molecule has 1 rings (SSSR count). The number of carbonyl (C=O) groups excluding carboxylic acids is 1. The van der Waals surface area contributed by atoms with E-state index >= 15 is 0 Å². The van der Waals surface area contributed by atoms with Gasteiger partial charge in [0, 0.05) is 5.75 Å². The molecule has 0 saturated heterocycles. The highest BCUT2D eigenvalue weighted by Crippen LogP contribution is 2.13. The van der Waals surface area contributed by atoms with Crippen molar-refractivity contribution < 1.29 is 18.9 Å². The Morgan fingerprint density at radius 1 is 1.39 bits per heavy atom. The molecule has 0 aromatic heterocycles. The number of carbonyl (C=O) groups is 2. The van der Waals surface area contributed by atoms with Crippen molar-refractivity contribution in [2.45, 2.75) is 24.8 Å². The first-order valence-electron chi connectivity index (χ1n) is 5.48.